The van der Waals surface area contributed by atoms with Crippen molar-refractivity contribution in [3.8, 4) is 17.1 Å². The average molecular weight is 316 g/mol. The fraction of sp³-hybridized carbons (Fsp3) is 0.438. The molecule has 7 nitrogen and oxygen atoms in total. The number of likely N-dealkylation sites (tertiary alicyclic amines) is 1. The van der Waals surface area contributed by atoms with Gasteiger partial charge in [0.25, 0.3) is 0 Å². The predicted molar refractivity (Wildman–Crippen MR) is 84.0 cm³/mol. The van der Waals surface area contributed by atoms with Gasteiger partial charge in [0.2, 0.25) is 11.7 Å². The minimum Gasteiger partial charge on any atom is -0.497 e. The van der Waals surface area contributed by atoms with Gasteiger partial charge in [-0.05, 0) is 31.9 Å². The van der Waals surface area contributed by atoms with Gasteiger partial charge in [0, 0.05) is 18.7 Å². The summed E-state index contributed by atoms with van der Waals surface area (Å²) < 4.78 is 10.6. The standard InChI is InChI=1S/C16H20N4O3/c1-3-17-16(21)20-9-5-8-13(20)15-18-14(19-23-15)11-6-4-7-12(10-11)22-2/h4,6-7,10,13H,3,5,8-9H2,1-2H3,(H,17,21)/t13-/m0/s1. The number of nitrogens with one attached hydrogen (secondary N) is 1. The summed E-state index contributed by atoms with van der Waals surface area (Å²) in [6.07, 6.45) is 1.76. The smallest absolute Gasteiger partial charge is 0.318 e. The van der Waals surface area contributed by atoms with E-state index in [1.165, 1.54) is 0 Å². The molecule has 1 aliphatic heterocycles. The lowest BCUT2D eigenvalue weighted by molar-refractivity contribution is 0.181. The van der Waals surface area contributed by atoms with Gasteiger partial charge < -0.3 is 19.5 Å². The molecule has 1 aromatic heterocycles. The molecule has 0 spiro atoms. The van der Waals surface area contributed by atoms with E-state index in [1.54, 1.807) is 12.0 Å². The van der Waals surface area contributed by atoms with Crippen LogP contribution < -0.4 is 10.1 Å². The highest BCUT2D eigenvalue weighted by Crippen LogP contribution is 2.32. The predicted octanol–water partition coefficient (Wildman–Crippen LogP) is 2.61. The maximum atomic E-state index is 12.1. The first-order valence-electron chi connectivity index (χ1n) is 7.75. The van der Waals surface area contributed by atoms with E-state index >= 15 is 0 Å². The van der Waals surface area contributed by atoms with Crippen molar-refractivity contribution in [3.63, 3.8) is 0 Å². The Labute approximate surface area is 134 Å². The summed E-state index contributed by atoms with van der Waals surface area (Å²) in [4.78, 5) is 18.3. The molecule has 2 heterocycles. The number of methoxy groups -OCH3 is 1. The second kappa shape index (κ2) is 6.68. The summed E-state index contributed by atoms with van der Waals surface area (Å²) in [7, 11) is 1.61. The molecule has 0 bridgehead atoms. The molecule has 1 aromatic carbocycles. The third-order valence-corrected chi connectivity index (χ3v) is 3.90. The van der Waals surface area contributed by atoms with E-state index in [4.69, 9.17) is 9.26 Å². The van der Waals surface area contributed by atoms with Crippen LogP contribution in [0.3, 0.4) is 0 Å². The largest absolute Gasteiger partial charge is 0.497 e. The van der Waals surface area contributed by atoms with Gasteiger partial charge in [0.05, 0.1) is 7.11 Å². The van der Waals surface area contributed by atoms with Crippen molar-refractivity contribution in [3.05, 3.63) is 30.2 Å². The zero-order valence-corrected chi connectivity index (χ0v) is 13.3. The van der Waals surface area contributed by atoms with Crippen LogP contribution in [0.4, 0.5) is 4.79 Å². The van der Waals surface area contributed by atoms with Crippen LogP contribution in [-0.4, -0.2) is 41.3 Å². The highest BCUT2D eigenvalue weighted by Gasteiger charge is 2.33. The Morgan fingerprint density at radius 1 is 1.52 bits per heavy atom. The van der Waals surface area contributed by atoms with Crippen LogP contribution in [0.1, 0.15) is 31.7 Å². The molecule has 1 atom stereocenters. The van der Waals surface area contributed by atoms with Crippen LogP contribution in [0.25, 0.3) is 11.4 Å². The van der Waals surface area contributed by atoms with Gasteiger partial charge in [0.15, 0.2) is 0 Å². The fourth-order valence-electron chi connectivity index (χ4n) is 2.77. The zero-order chi connectivity index (χ0) is 16.2. The monoisotopic (exact) mass is 316 g/mol. The summed E-state index contributed by atoms with van der Waals surface area (Å²) in [6, 6.07) is 7.24. The summed E-state index contributed by atoms with van der Waals surface area (Å²) in [6.45, 7) is 3.20. The first-order valence-corrected chi connectivity index (χ1v) is 7.75. The van der Waals surface area contributed by atoms with E-state index in [2.05, 4.69) is 15.5 Å². The van der Waals surface area contributed by atoms with E-state index in [1.807, 2.05) is 31.2 Å². The van der Waals surface area contributed by atoms with E-state index in [-0.39, 0.29) is 12.1 Å². The molecule has 0 aliphatic carbocycles. The van der Waals surface area contributed by atoms with Crippen molar-refractivity contribution in [1.82, 2.24) is 20.4 Å². The van der Waals surface area contributed by atoms with E-state index < -0.39 is 0 Å². The van der Waals surface area contributed by atoms with Gasteiger partial charge in [-0.25, -0.2) is 4.79 Å². The summed E-state index contributed by atoms with van der Waals surface area (Å²) in [5.41, 5.74) is 0.821. The molecule has 7 heteroatoms. The summed E-state index contributed by atoms with van der Waals surface area (Å²) in [5, 5.41) is 6.87. The molecule has 2 aromatic rings. The molecular weight excluding hydrogens is 296 g/mol. The summed E-state index contributed by atoms with van der Waals surface area (Å²) in [5.74, 6) is 1.71. The number of aromatic nitrogens is 2. The van der Waals surface area contributed by atoms with E-state index in [0.29, 0.717) is 24.8 Å². The van der Waals surface area contributed by atoms with E-state index in [9.17, 15) is 4.79 Å². The second-order valence-corrected chi connectivity index (χ2v) is 5.38. The van der Waals surface area contributed by atoms with Crippen LogP contribution in [0, 0.1) is 0 Å². The highest BCUT2D eigenvalue weighted by molar-refractivity contribution is 5.74. The number of urea groups is 1. The Bertz CT molecular complexity index is 685. The number of hydrogen-bond acceptors (Lipinski definition) is 5. The van der Waals surface area contributed by atoms with Gasteiger partial charge in [0.1, 0.15) is 11.8 Å². The van der Waals surface area contributed by atoms with Crippen molar-refractivity contribution < 1.29 is 14.1 Å². The zero-order valence-electron chi connectivity index (χ0n) is 13.3. The van der Waals surface area contributed by atoms with Crippen molar-refractivity contribution in [2.75, 3.05) is 20.2 Å². The second-order valence-electron chi connectivity index (χ2n) is 5.38. The molecule has 1 saturated heterocycles. The van der Waals surface area contributed by atoms with Crippen LogP contribution in [0.2, 0.25) is 0 Å². The Morgan fingerprint density at radius 3 is 3.17 bits per heavy atom. The Balaban J connectivity index is 1.82. The topological polar surface area (TPSA) is 80.5 Å². The van der Waals surface area contributed by atoms with Crippen LogP contribution in [-0.2, 0) is 0 Å². The number of ether oxygens (including phenoxy) is 1. The maximum Gasteiger partial charge on any atom is 0.318 e. The van der Waals surface area contributed by atoms with Gasteiger partial charge in [-0.2, -0.15) is 4.98 Å². The number of carbonyl (C=O) groups is 1. The number of hydrogen-bond donors (Lipinski definition) is 1. The number of carbonyl (C=O) groups excluding carboxylic acids is 1. The van der Waals surface area contributed by atoms with Crippen LogP contribution in [0.5, 0.6) is 5.75 Å². The number of amides is 2. The first kappa shape index (κ1) is 15.3. The lowest BCUT2D eigenvalue weighted by atomic mass is 10.2. The van der Waals surface area contributed by atoms with Gasteiger partial charge in [-0.3, -0.25) is 0 Å². The minimum absolute atomic E-state index is 0.0869. The third-order valence-electron chi connectivity index (χ3n) is 3.90. The SMILES string of the molecule is CCNC(=O)N1CCC[C@H]1c1nc(-c2cccc(OC)c2)no1. The van der Waals surface area contributed by atoms with Gasteiger partial charge in [-0.15, -0.1) is 0 Å². The third kappa shape index (κ3) is 3.13. The van der Waals surface area contributed by atoms with Gasteiger partial charge in [-0.1, -0.05) is 17.3 Å². The molecule has 3 rings (SSSR count). The molecule has 23 heavy (non-hydrogen) atoms. The van der Waals surface area contributed by atoms with Gasteiger partial charge >= 0.3 is 6.03 Å². The lowest BCUT2D eigenvalue weighted by Gasteiger charge is -2.21. The maximum absolute atomic E-state index is 12.1. The minimum atomic E-state index is -0.159. The fourth-order valence-corrected chi connectivity index (χ4v) is 2.77. The molecular formula is C16H20N4O3. The lowest BCUT2D eigenvalue weighted by Crippen LogP contribution is -2.39. The Hall–Kier alpha value is -2.57. The Kier molecular flexibility index (Phi) is 4.45. The normalized spacial score (nSPS) is 17.3. The van der Waals surface area contributed by atoms with Crippen molar-refractivity contribution >= 4 is 6.03 Å². The first-order chi connectivity index (χ1) is 11.2. The highest BCUT2D eigenvalue weighted by atomic mass is 16.5. The van der Waals surface area contributed by atoms with Crippen LogP contribution in [0.15, 0.2) is 28.8 Å². The number of rotatable bonds is 4. The van der Waals surface area contributed by atoms with E-state index in [0.717, 1.165) is 24.2 Å². The molecule has 1 N–H and O–H groups in total. The molecule has 0 radical (unpaired) electrons. The number of nitrogens with zero attached hydrogens (tertiary/aromatic N) is 3. The quantitative estimate of drug-likeness (QED) is 0.938. The molecule has 0 saturated carbocycles. The van der Waals surface area contributed by atoms with Crippen LogP contribution >= 0.6 is 0 Å². The van der Waals surface area contributed by atoms with Crippen molar-refractivity contribution in [2.45, 2.75) is 25.8 Å². The Morgan fingerprint density at radius 2 is 2.39 bits per heavy atom. The molecule has 0 unspecified atom stereocenters. The molecule has 1 aliphatic rings. The molecule has 2 amide bonds. The van der Waals surface area contributed by atoms with Crippen molar-refractivity contribution in [2.24, 2.45) is 0 Å². The average Bonchev–Trinajstić information content (AvgIpc) is 3.24. The molecule has 1 fully saturated rings. The summed E-state index contributed by atoms with van der Waals surface area (Å²) >= 11 is 0. The molecule has 122 valence electrons. The number of benzene rings is 1. The van der Waals surface area contributed by atoms with Crippen molar-refractivity contribution in [1.29, 1.82) is 0 Å².